The first kappa shape index (κ1) is 24.5. The highest BCUT2D eigenvalue weighted by molar-refractivity contribution is 5.73. The third kappa shape index (κ3) is 5.43. The first-order valence-corrected chi connectivity index (χ1v) is 10.6. The van der Waals surface area contributed by atoms with Crippen molar-refractivity contribution in [3.8, 4) is 0 Å². The minimum Gasteiger partial charge on any atom is -0.475 e. The Bertz CT molecular complexity index is 985. The number of carbonyl (C=O) groups is 1. The lowest BCUT2D eigenvalue weighted by Crippen LogP contribution is -2.45. The molecule has 2 N–H and O–H groups in total. The Morgan fingerprint density at radius 3 is 1.64 bits per heavy atom. The molecule has 1 saturated heterocycles. The van der Waals surface area contributed by atoms with Crippen LogP contribution in [0.1, 0.15) is 36.8 Å². The van der Waals surface area contributed by atoms with Gasteiger partial charge in [-0.3, -0.25) is 5.32 Å². The number of aliphatic carboxylic acids is 1. The summed E-state index contributed by atoms with van der Waals surface area (Å²) in [6.45, 7) is 4.52. The highest BCUT2D eigenvalue weighted by Gasteiger charge is 2.52. The van der Waals surface area contributed by atoms with Gasteiger partial charge in [-0.15, -0.1) is 0 Å². The van der Waals surface area contributed by atoms with E-state index < -0.39 is 17.7 Å². The number of hydrogen-bond acceptors (Lipinski definition) is 3. The smallest absolute Gasteiger partial charge is 0.475 e. The summed E-state index contributed by atoms with van der Waals surface area (Å²) in [4.78, 5) is 8.90. The molecule has 4 nitrogen and oxygen atoms in total. The van der Waals surface area contributed by atoms with Crippen LogP contribution < -0.4 is 5.32 Å². The molecule has 0 saturated carbocycles. The topological polar surface area (TPSA) is 58.6 Å². The molecule has 1 heterocycles. The van der Waals surface area contributed by atoms with Crippen molar-refractivity contribution in [1.82, 2.24) is 5.32 Å². The van der Waals surface area contributed by atoms with Crippen LogP contribution in [0.5, 0.6) is 0 Å². The zero-order chi connectivity index (χ0) is 24.1. The second-order valence-electron chi connectivity index (χ2n) is 8.07. The molecule has 3 aromatic carbocycles. The molecule has 0 aromatic heterocycles. The Kier molecular flexibility index (Phi) is 7.56. The highest BCUT2D eigenvalue weighted by Crippen LogP contribution is 2.47. The number of ether oxygens (including phenoxy) is 1. The van der Waals surface area contributed by atoms with E-state index in [-0.39, 0.29) is 12.3 Å². The number of carboxylic acids is 1. The van der Waals surface area contributed by atoms with E-state index in [1.807, 2.05) is 6.07 Å². The molecular formula is C26H26F3NO3. The minimum atomic E-state index is -5.08. The van der Waals surface area contributed by atoms with Crippen LogP contribution in [0.25, 0.3) is 0 Å². The zero-order valence-electron chi connectivity index (χ0n) is 18.3. The van der Waals surface area contributed by atoms with Crippen LogP contribution in [0.3, 0.4) is 0 Å². The summed E-state index contributed by atoms with van der Waals surface area (Å²) in [6.07, 6.45) is -5.22. The van der Waals surface area contributed by atoms with Gasteiger partial charge in [-0.2, -0.15) is 13.2 Å². The second kappa shape index (κ2) is 10.2. The molecule has 0 aliphatic carbocycles. The van der Waals surface area contributed by atoms with Gasteiger partial charge in [-0.1, -0.05) is 105 Å². The first-order valence-electron chi connectivity index (χ1n) is 10.6. The fraction of sp³-hybridized carbons (Fsp3) is 0.269. The van der Waals surface area contributed by atoms with Gasteiger partial charge < -0.3 is 9.84 Å². The maximum Gasteiger partial charge on any atom is 0.490 e. The highest BCUT2D eigenvalue weighted by atomic mass is 19.4. The van der Waals surface area contributed by atoms with Crippen molar-refractivity contribution in [2.75, 3.05) is 0 Å². The van der Waals surface area contributed by atoms with E-state index in [0.29, 0.717) is 5.92 Å². The number of rotatable bonds is 4. The molecule has 2 atom stereocenters. The molecular weight excluding hydrogens is 431 g/mol. The number of alkyl halides is 3. The molecule has 4 rings (SSSR count). The molecule has 174 valence electrons. The van der Waals surface area contributed by atoms with Crippen LogP contribution in [-0.4, -0.2) is 23.3 Å². The standard InChI is InChI=1S/C24H25NO.C2HF3O2/c1-18(2)22-24(20-14-8-4-9-15-20,21-16-10-5-11-17-21)26-23(25-22)19-12-6-3-7-13-19;3-2(4,5)1(6)7/h3-18,22-23,25H,1-2H3;(H,6,7). The van der Waals surface area contributed by atoms with Gasteiger partial charge in [0.15, 0.2) is 0 Å². The van der Waals surface area contributed by atoms with Crippen LogP contribution in [0, 0.1) is 5.92 Å². The van der Waals surface area contributed by atoms with Gasteiger partial charge in [-0.25, -0.2) is 4.79 Å². The van der Waals surface area contributed by atoms with Gasteiger partial charge >= 0.3 is 12.1 Å². The maximum atomic E-state index is 10.6. The van der Waals surface area contributed by atoms with Gasteiger partial charge in [0.25, 0.3) is 0 Å². The van der Waals surface area contributed by atoms with Crippen molar-refractivity contribution in [2.24, 2.45) is 5.92 Å². The molecule has 0 spiro atoms. The quantitative estimate of drug-likeness (QED) is 0.512. The van der Waals surface area contributed by atoms with Crippen molar-refractivity contribution in [3.05, 3.63) is 108 Å². The van der Waals surface area contributed by atoms with Crippen LogP contribution >= 0.6 is 0 Å². The average molecular weight is 457 g/mol. The zero-order valence-corrected chi connectivity index (χ0v) is 18.3. The molecule has 0 bridgehead atoms. The molecule has 1 aliphatic rings. The van der Waals surface area contributed by atoms with Crippen molar-refractivity contribution in [2.45, 2.75) is 37.9 Å². The maximum absolute atomic E-state index is 10.6. The molecule has 0 radical (unpaired) electrons. The van der Waals surface area contributed by atoms with Gasteiger partial charge in [0.1, 0.15) is 11.8 Å². The van der Waals surface area contributed by atoms with Crippen molar-refractivity contribution >= 4 is 5.97 Å². The molecule has 3 aromatic rings. The lowest BCUT2D eigenvalue weighted by Gasteiger charge is -2.37. The Balaban J connectivity index is 0.000000383. The lowest BCUT2D eigenvalue weighted by molar-refractivity contribution is -0.192. The monoisotopic (exact) mass is 457 g/mol. The van der Waals surface area contributed by atoms with Gasteiger partial charge in [0.05, 0.1) is 0 Å². The predicted octanol–water partition coefficient (Wildman–Crippen LogP) is 5.91. The number of carboxylic acid groups (broad SMARTS) is 1. The summed E-state index contributed by atoms with van der Waals surface area (Å²) in [5, 5.41) is 10.9. The van der Waals surface area contributed by atoms with E-state index in [0.717, 1.165) is 5.56 Å². The summed E-state index contributed by atoms with van der Waals surface area (Å²) in [6, 6.07) is 31.8. The summed E-state index contributed by atoms with van der Waals surface area (Å²) in [5.74, 6) is -2.35. The Hall–Kier alpha value is -3.16. The molecule has 7 heteroatoms. The lowest BCUT2D eigenvalue weighted by atomic mass is 9.76. The van der Waals surface area contributed by atoms with Gasteiger partial charge in [0, 0.05) is 6.04 Å². The number of hydrogen-bond donors (Lipinski definition) is 2. The average Bonchev–Trinajstić information content (AvgIpc) is 3.23. The van der Waals surface area contributed by atoms with E-state index in [1.54, 1.807) is 0 Å². The number of nitrogens with one attached hydrogen (secondary N) is 1. The summed E-state index contributed by atoms with van der Waals surface area (Å²) >= 11 is 0. The molecule has 1 fully saturated rings. The minimum absolute atomic E-state index is 0.135. The van der Waals surface area contributed by atoms with Gasteiger partial charge in [0.2, 0.25) is 0 Å². The van der Waals surface area contributed by atoms with Crippen LogP contribution in [0.4, 0.5) is 13.2 Å². The third-order valence-electron chi connectivity index (χ3n) is 5.49. The summed E-state index contributed by atoms with van der Waals surface area (Å²) < 4.78 is 38.6. The van der Waals surface area contributed by atoms with Crippen molar-refractivity contribution in [3.63, 3.8) is 0 Å². The fourth-order valence-electron chi connectivity index (χ4n) is 4.06. The second-order valence-corrected chi connectivity index (χ2v) is 8.07. The third-order valence-corrected chi connectivity index (χ3v) is 5.49. The predicted molar refractivity (Wildman–Crippen MR) is 119 cm³/mol. The Labute approximate surface area is 191 Å². The SMILES string of the molecule is CC(C)C1NC(c2ccccc2)OC1(c1ccccc1)c1ccccc1.O=C(O)C(F)(F)F. The Morgan fingerprint density at radius 2 is 1.27 bits per heavy atom. The molecule has 1 aliphatic heterocycles. The summed E-state index contributed by atoms with van der Waals surface area (Å²) in [7, 11) is 0. The van der Waals surface area contributed by atoms with Crippen LogP contribution in [0.15, 0.2) is 91.0 Å². The Morgan fingerprint density at radius 1 is 0.879 bits per heavy atom. The first-order chi connectivity index (χ1) is 15.7. The normalized spacial score (nSPS) is 19.6. The van der Waals surface area contributed by atoms with E-state index in [1.165, 1.54) is 11.1 Å². The van der Waals surface area contributed by atoms with E-state index >= 15 is 0 Å². The summed E-state index contributed by atoms with van der Waals surface area (Å²) in [5.41, 5.74) is 3.02. The van der Waals surface area contributed by atoms with Crippen molar-refractivity contribution in [1.29, 1.82) is 0 Å². The molecule has 0 amide bonds. The number of benzene rings is 3. The van der Waals surface area contributed by atoms with Crippen molar-refractivity contribution < 1.29 is 27.8 Å². The van der Waals surface area contributed by atoms with E-state index in [4.69, 9.17) is 14.6 Å². The number of halogens is 3. The fourth-order valence-corrected chi connectivity index (χ4v) is 4.06. The largest absolute Gasteiger partial charge is 0.490 e. The van der Waals surface area contributed by atoms with E-state index in [2.05, 4.69) is 104 Å². The van der Waals surface area contributed by atoms with Gasteiger partial charge in [-0.05, 0) is 22.6 Å². The molecule has 33 heavy (non-hydrogen) atoms. The molecule has 2 unspecified atom stereocenters. The van der Waals surface area contributed by atoms with E-state index in [9.17, 15) is 13.2 Å². The van der Waals surface area contributed by atoms with Crippen LogP contribution in [-0.2, 0) is 15.1 Å². The van der Waals surface area contributed by atoms with Crippen LogP contribution in [0.2, 0.25) is 0 Å².